The van der Waals surface area contributed by atoms with E-state index >= 15 is 0 Å². The van der Waals surface area contributed by atoms with E-state index in [4.69, 9.17) is 21.1 Å². The van der Waals surface area contributed by atoms with Gasteiger partial charge in [0, 0.05) is 23.5 Å². The number of esters is 1. The summed E-state index contributed by atoms with van der Waals surface area (Å²) >= 11 is 6.35. The Bertz CT molecular complexity index is 1220. The van der Waals surface area contributed by atoms with Gasteiger partial charge < -0.3 is 19.5 Å². The first kappa shape index (κ1) is 29.0. The van der Waals surface area contributed by atoms with Crippen LogP contribution in [0, 0.1) is 0 Å². The molecule has 4 rings (SSSR count). The van der Waals surface area contributed by atoms with Gasteiger partial charge in [-0.25, -0.2) is 0 Å². The van der Waals surface area contributed by atoms with E-state index in [1.807, 2.05) is 24.3 Å². The van der Waals surface area contributed by atoms with Gasteiger partial charge >= 0.3 is 11.9 Å². The highest BCUT2D eigenvalue weighted by molar-refractivity contribution is 6.30. The van der Waals surface area contributed by atoms with Crippen LogP contribution in [0.25, 0.3) is 0 Å². The molecule has 0 fully saturated rings. The first-order valence-electron chi connectivity index (χ1n) is 13.9. The second kappa shape index (κ2) is 12.0. The number of nitrogens with zero attached hydrogens (tertiary/aromatic N) is 1. The monoisotopic (exact) mass is 553 g/mol. The Morgan fingerprint density at radius 2 is 2.03 bits per heavy atom. The number of aryl methyl sites for hydroxylation is 1. The van der Waals surface area contributed by atoms with Crippen LogP contribution in [0.5, 0.6) is 5.75 Å². The van der Waals surface area contributed by atoms with Crippen molar-refractivity contribution in [3.8, 4) is 5.75 Å². The molecule has 210 valence electrons. The molecule has 7 heteroatoms. The Morgan fingerprint density at radius 3 is 2.74 bits per heavy atom. The predicted molar refractivity (Wildman–Crippen MR) is 155 cm³/mol. The minimum Gasteiger partial charge on any atom is -0.490 e. The summed E-state index contributed by atoms with van der Waals surface area (Å²) in [5, 5.41) is 10.8. The molecule has 6 nitrogen and oxygen atoms in total. The Morgan fingerprint density at radius 1 is 1.23 bits per heavy atom. The van der Waals surface area contributed by atoms with Gasteiger partial charge in [-0.2, -0.15) is 0 Å². The maximum atomic E-state index is 12.6. The molecule has 2 aliphatic rings. The fourth-order valence-electron chi connectivity index (χ4n) is 5.87. The maximum absolute atomic E-state index is 12.6. The number of aliphatic carboxylic acids is 1. The Hall–Kier alpha value is -2.99. The second-order valence-corrected chi connectivity index (χ2v) is 12.3. The third kappa shape index (κ3) is 6.96. The van der Waals surface area contributed by atoms with Crippen molar-refractivity contribution in [3.05, 3.63) is 70.8 Å². The third-order valence-electron chi connectivity index (χ3n) is 7.64. The van der Waals surface area contributed by atoms with Gasteiger partial charge in [0.2, 0.25) is 0 Å². The molecule has 0 saturated heterocycles. The zero-order chi connectivity index (χ0) is 28.2. The minimum atomic E-state index is -1.05. The Labute approximate surface area is 236 Å². The molecule has 1 heterocycles. The molecule has 2 aromatic carbocycles. The number of anilines is 1. The summed E-state index contributed by atoms with van der Waals surface area (Å²) in [5.41, 5.74) is 3.13. The molecule has 1 spiro atoms. The summed E-state index contributed by atoms with van der Waals surface area (Å²) in [6.45, 7) is 11.3. The molecule has 0 saturated carbocycles. The SMILES string of the molecule is C=CCCCCN1C[C@@]2(CCCc3cc(Cl)ccc32)COc2ccc(C(CC(=O)OC(C)(C)C)C(=O)O)cc21. The number of hydrogen-bond donors (Lipinski definition) is 1. The Balaban J connectivity index is 1.69. The van der Waals surface area contributed by atoms with E-state index in [1.165, 1.54) is 11.1 Å². The second-order valence-electron chi connectivity index (χ2n) is 11.8. The van der Waals surface area contributed by atoms with Crippen molar-refractivity contribution < 1.29 is 24.2 Å². The number of halogens is 1. The number of fused-ring (bicyclic) bond motifs is 3. The number of carboxylic acid groups (broad SMARTS) is 1. The van der Waals surface area contributed by atoms with E-state index in [0.29, 0.717) is 12.2 Å². The predicted octanol–water partition coefficient (Wildman–Crippen LogP) is 7.07. The number of hydrogen-bond acceptors (Lipinski definition) is 5. The van der Waals surface area contributed by atoms with Crippen molar-refractivity contribution >= 4 is 29.2 Å². The number of unbranched alkanes of at least 4 members (excludes halogenated alkanes) is 2. The minimum absolute atomic E-state index is 0.196. The van der Waals surface area contributed by atoms with Gasteiger partial charge in [0.1, 0.15) is 11.4 Å². The van der Waals surface area contributed by atoms with Crippen molar-refractivity contribution in [3.63, 3.8) is 0 Å². The molecule has 0 aromatic heterocycles. The molecule has 2 aromatic rings. The topological polar surface area (TPSA) is 76.1 Å². The molecule has 1 N–H and O–H groups in total. The number of benzene rings is 2. The molecule has 1 unspecified atom stereocenters. The van der Waals surface area contributed by atoms with Crippen molar-refractivity contribution in [2.75, 3.05) is 24.6 Å². The third-order valence-corrected chi connectivity index (χ3v) is 7.87. The van der Waals surface area contributed by atoms with Gasteiger partial charge in [-0.15, -0.1) is 6.58 Å². The lowest BCUT2D eigenvalue weighted by atomic mass is 9.70. The van der Waals surface area contributed by atoms with E-state index in [0.717, 1.165) is 68.1 Å². The van der Waals surface area contributed by atoms with Crippen molar-refractivity contribution in [2.24, 2.45) is 0 Å². The first-order chi connectivity index (χ1) is 18.5. The summed E-state index contributed by atoms with van der Waals surface area (Å²) in [6.07, 6.45) is 7.70. The quantitative estimate of drug-likeness (QED) is 0.203. The largest absolute Gasteiger partial charge is 0.490 e. The number of ether oxygens (including phenoxy) is 2. The van der Waals surface area contributed by atoms with Crippen LogP contribution in [0.3, 0.4) is 0 Å². The molecule has 0 amide bonds. The fraction of sp³-hybridized carbons (Fsp3) is 0.500. The molecule has 1 aliphatic heterocycles. The molecule has 39 heavy (non-hydrogen) atoms. The summed E-state index contributed by atoms with van der Waals surface area (Å²) in [5.74, 6) is -1.86. The number of carbonyl (C=O) groups excluding carboxylic acids is 1. The van der Waals surface area contributed by atoms with Gasteiger partial charge in [0.25, 0.3) is 0 Å². The van der Waals surface area contributed by atoms with Crippen molar-refractivity contribution in [2.45, 2.75) is 82.7 Å². The molecule has 1 aliphatic carbocycles. The molecular formula is C32H40ClNO5. The van der Waals surface area contributed by atoms with Crippen LogP contribution < -0.4 is 9.64 Å². The van der Waals surface area contributed by atoms with Gasteiger partial charge in [-0.1, -0.05) is 29.8 Å². The van der Waals surface area contributed by atoms with Crippen LogP contribution in [0.1, 0.15) is 81.9 Å². The maximum Gasteiger partial charge on any atom is 0.311 e. The number of carboxylic acids is 1. The fourth-order valence-corrected chi connectivity index (χ4v) is 6.07. The van der Waals surface area contributed by atoms with Crippen molar-refractivity contribution in [1.29, 1.82) is 0 Å². The smallest absolute Gasteiger partial charge is 0.311 e. The highest BCUT2D eigenvalue weighted by Gasteiger charge is 2.42. The lowest BCUT2D eigenvalue weighted by Crippen LogP contribution is -2.46. The standard InChI is InChI=1S/C32H40ClNO5/c1-5-6-7-8-16-34-20-32(15-9-10-23-17-24(33)12-13-26(23)32)21-38-28-14-11-22(18-27(28)34)25(30(36)37)19-29(35)39-31(2,3)4/h5,11-14,17-18,25H,1,6-10,15-16,19-21H2,2-4H3,(H,36,37)/t25?,32-/m0/s1. The average molecular weight is 554 g/mol. The van der Waals surface area contributed by atoms with Gasteiger partial charge in [0.15, 0.2) is 0 Å². The van der Waals surface area contributed by atoms with Crippen LogP contribution in [0.15, 0.2) is 49.1 Å². The number of carbonyl (C=O) groups is 2. The zero-order valence-electron chi connectivity index (χ0n) is 23.3. The lowest BCUT2D eigenvalue weighted by Gasteiger charge is -2.41. The lowest BCUT2D eigenvalue weighted by molar-refractivity contribution is -0.158. The normalized spacial score (nSPS) is 19.3. The summed E-state index contributed by atoms with van der Waals surface area (Å²) in [6, 6.07) is 11.7. The summed E-state index contributed by atoms with van der Waals surface area (Å²) < 4.78 is 11.9. The molecular weight excluding hydrogens is 514 g/mol. The van der Waals surface area contributed by atoms with E-state index in [9.17, 15) is 14.7 Å². The van der Waals surface area contributed by atoms with E-state index in [2.05, 4.69) is 23.6 Å². The van der Waals surface area contributed by atoms with Crippen LogP contribution in [-0.2, 0) is 26.2 Å². The first-order valence-corrected chi connectivity index (χ1v) is 14.3. The van der Waals surface area contributed by atoms with Gasteiger partial charge in [-0.3, -0.25) is 9.59 Å². The van der Waals surface area contributed by atoms with E-state index in [1.54, 1.807) is 26.8 Å². The summed E-state index contributed by atoms with van der Waals surface area (Å²) in [4.78, 5) is 27.2. The molecule has 0 radical (unpaired) electrons. The van der Waals surface area contributed by atoms with Crippen LogP contribution >= 0.6 is 11.6 Å². The van der Waals surface area contributed by atoms with Gasteiger partial charge in [0.05, 0.1) is 24.6 Å². The average Bonchev–Trinajstić information content (AvgIpc) is 3.01. The van der Waals surface area contributed by atoms with Crippen LogP contribution in [-0.4, -0.2) is 42.3 Å². The Kier molecular flexibility index (Phi) is 8.95. The van der Waals surface area contributed by atoms with Crippen LogP contribution in [0.2, 0.25) is 5.02 Å². The zero-order valence-corrected chi connectivity index (χ0v) is 24.1. The van der Waals surface area contributed by atoms with E-state index < -0.39 is 23.5 Å². The summed E-state index contributed by atoms with van der Waals surface area (Å²) in [7, 11) is 0. The van der Waals surface area contributed by atoms with Crippen LogP contribution in [0.4, 0.5) is 5.69 Å². The molecule has 0 bridgehead atoms. The highest BCUT2D eigenvalue weighted by atomic mass is 35.5. The number of allylic oxidation sites excluding steroid dienone is 1. The molecule has 2 atom stereocenters. The van der Waals surface area contributed by atoms with E-state index in [-0.39, 0.29) is 11.8 Å². The van der Waals surface area contributed by atoms with Gasteiger partial charge in [-0.05, 0) is 100 Å². The number of rotatable bonds is 9. The highest BCUT2D eigenvalue weighted by Crippen LogP contribution is 2.45. The van der Waals surface area contributed by atoms with Crippen molar-refractivity contribution in [1.82, 2.24) is 0 Å².